The van der Waals surface area contributed by atoms with Crippen LogP contribution in [0.4, 0.5) is 5.00 Å². The van der Waals surface area contributed by atoms with Crippen LogP contribution in [0.2, 0.25) is 0 Å². The van der Waals surface area contributed by atoms with Gasteiger partial charge >= 0.3 is 0 Å². The van der Waals surface area contributed by atoms with Crippen molar-refractivity contribution in [2.45, 2.75) is 39.5 Å². The summed E-state index contributed by atoms with van der Waals surface area (Å²) < 4.78 is 5.61. The maximum absolute atomic E-state index is 12.5. The monoisotopic (exact) mass is 372 g/mol. The summed E-state index contributed by atoms with van der Waals surface area (Å²) in [4.78, 5) is 26.1. The molecular weight excluding hydrogens is 348 g/mol. The van der Waals surface area contributed by atoms with E-state index in [1.807, 2.05) is 38.1 Å². The average Bonchev–Trinajstić information content (AvgIpc) is 2.99. The summed E-state index contributed by atoms with van der Waals surface area (Å²) in [6.07, 6.45) is 4.09. The molecule has 138 valence electrons. The summed E-state index contributed by atoms with van der Waals surface area (Å²) in [6, 6.07) is 7.58. The summed E-state index contributed by atoms with van der Waals surface area (Å²) in [5, 5.41) is 6.39. The Hall–Kier alpha value is -2.34. The van der Waals surface area contributed by atoms with E-state index in [4.69, 9.17) is 4.74 Å². The third kappa shape index (κ3) is 4.07. The molecule has 1 aromatic heterocycles. The van der Waals surface area contributed by atoms with Gasteiger partial charge in [0.2, 0.25) is 0 Å². The number of amides is 2. The Labute approximate surface area is 157 Å². The van der Waals surface area contributed by atoms with Gasteiger partial charge in [-0.1, -0.05) is 18.2 Å². The van der Waals surface area contributed by atoms with Gasteiger partial charge in [-0.05, 0) is 56.7 Å². The first-order valence-electron chi connectivity index (χ1n) is 9.01. The minimum absolute atomic E-state index is 0.0811. The Morgan fingerprint density at radius 3 is 2.73 bits per heavy atom. The third-order valence-corrected chi connectivity index (χ3v) is 5.65. The van der Waals surface area contributed by atoms with Gasteiger partial charge in [-0.15, -0.1) is 11.3 Å². The number of thiophene rings is 1. The maximum Gasteiger partial charge on any atom is 0.262 e. The van der Waals surface area contributed by atoms with Gasteiger partial charge < -0.3 is 15.4 Å². The molecule has 1 aliphatic carbocycles. The summed E-state index contributed by atoms with van der Waals surface area (Å²) in [7, 11) is 0. The SMILES string of the molecule is CCNC(=O)c1c(NC(=O)COc2ccccc2C)sc2c1CCCC2. The van der Waals surface area contributed by atoms with E-state index in [0.29, 0.717) is 22.9 Å². The van der Waals surface area contributed by atoms with E-state index >= 15 is 0 Å². The predicted octanol–water partition coefficient (Wildman–Crippen LogP) is 3.70. The van der Waals surface area contributed by atoms with Gasteiger partial charge in [0, 0.05) is 11.4 Å². The lowest BCUT2D eigenvalue weighted by atomic mass is 9.95. The highest BCUT2D eigenvalue weighted by atomic mass is 32.1. The van der Waals surface area contributed by atoms with Gasteiger partial charge in [0.1, 0.15) is 10.8 Å². The number of hydrogen-bond donors (Lipinski definition) is 2. The smallest absolute Gasteiger partial charge is 0.262 e. The minimum atomic E-state index is -0.252. The molecule has 6 heteroatoms. The van der Waals surface area contributed by atoms with Crippen LogP contribution < -0.4 is 15.4 Å². The van der Waals surface area contributed by atoms with E-state index in [0.717, 1.165) is 36.8 Å². The molecule has 0 atom stereocenters. The Kier molecular flexibility index (Phi) is 5.93. The van der Waals surface area contributed by atoms with Gasteiger partial charge in [0.15, 0.2) is 6.61 Å². The number of carbonyl (C=O) groups is 2. The third-order valence-electron chi connectivity index (χ3n) is 4.44. The second-order valence-electron chi connectivity index (χ2n) is 6.38. The second kappa shape index (κ2) is 8.36. The van der Waals surface area contributed by atoms with E-state index in [9.17, 15) is 9.59 Å². The Morgan fingerprint density at radius 2 is 1.96 bits per heavy atom. The van der Waals surface area contributed by atoms with Crippen molar-refractivity contribution in [3.63, 3.8) is 0 Å². The quantitative estimate of drug-likeness (QED) is 0.812. The van der Waals surface area contributed by atoms with Crippen LogP contribution >= 0.6 is 11.3 Å². The summed E-state index contributed by atoms with van der Waals surface area (Å²) in [6.45, 7) is 4.31. The number of aryl methyl sites for hydroxylation is 2. The van der Waals surface area contributed by atoms with Crippen LogP contribution in [0.3, 0.4) is 0 Å². The van der Waals surface area contributed by atoms with Crippen LogP contribution in [0.15, 0.2) is 24.3 Å². The first-order chi connectivity index (χ1) is 12.6. The van der Waals surface area contributed by atoms with Crippen molar-refractivity contribution in [3.8, 4) is 5.75 Å². The molecular formula is C20H24N2O3S. The molecule has 0 saturated heterocycles. The van der Waals surface area contributed by atoms with Crippen LogP contribution in [0, 0.1) is 6.92 Å². The summed E-state index contributed by atoms with van der Waals surface area (Å²) in [5.41, 5.74) is 2.72. The highest BCUT2D eigenvalue weighted by Gasteiger charge is 2.26. The second-order valence-corrected chi connectivity index (χ2v) is 7.48. The van der Waals surface area contributed by atoms with Gasteiger partial charge in [0.05, 0.1) is 5.56 Å². The zero-order valence-electron chi connectivity index (χ0n) is 15.2. The fourth-order valence-corrected chi connectivity index (χ4v) is 4.47. The van der Waals surface area contributed by atoms with E-state index in [1.54, 1.807) is 0 Å². The molecule has 26 heavy (non-hydrogen) atoms. The number of para-hydroxylation sites is 1. The molecule has 0 spiro atoms. The molecule has 0 saturated carbocycles. The highest BCUT2D eigenvalue weighted by Crippen LogP contribution is 2.38. The minimum Gasteiger partial charge on any atom is -0.483 e. The summed E-state index contributed by atoms with van der Waals surface area (Å²) >= 11 is 1.52. The fraction of sp³-hybridized carbons (Fsp3) is 0.400. The van der Waals surface area contributed by atoms with Crippen LogP contribution in [0.5, 0.6) is 5.75 Å². The Balaban J connectivity index is 1.74. The van der Waals surface area contributed by atoms with E-state index in [1.165, 1.54) is 16.2 Å². The van der Waals surface area contributed by atoms with Gasteiger partial charge in [0.25, 0.3) is 11.8 Å². The molecule has 5 nitrogen and oxygen atoms in total. The lowest BCUT2D eigenvalue weighted by Crippen LogP contribution is -2.26. The number of rotatable bonds is 6. The fourth-order valence-electron chi connectivity index (χ4n) is 3.17. The number of hydrogen-bond acceptors (Lipinski definition) is 4. The van der Waals surface area contributed by atoms with E-state index in [-0.39, 0.29) is 18.4 Å². The van der Waals surface area contributed by atoms with Crippen molar-refractivity contribution in [1.29, 1.82) is 0 Å². The molecule has 0 fully saturated rings. The number of carbonyl (C=O) groups excluding carboxylic acids is 2. The van der Waals surface area contributed by atoms with Gasteiger partial charge in [-0.25, -0.2) is 0 Å². The zero-order valence-corrected chi connectivity index (χ0v) is 16.0. The molecule has 2 N–H and O–H groups in total. The van der Waals surface area contributed by atoms with Crippen molar-refractivity contribution in [1.82, 2.24) is 5.32 Å². The largest absolute Gasteiger partial charge is 0.483 e. The summed E-state index contributed by atoms with van der Waals surface area (Å²) in [5.74, 6) is 0.330. The average molecular weight is 372 g/mol. The molecule has 0 bridgehead atoms. The standard InChI is InChI=1S/C20H24N2O3S/c1-3-21-19(24)18-14-9-5-7-11-16(14)26-20(18)22-17(23)12-25-15-10-6-4-8-13(15)2/h4,6,8,10H,3,5,7,9,11-12H2,1-2H3,(H,21,24)(H,22,23). The molecule has 1 heterocycles. The predicted molar refractivity (Wildman–Crippen MR) is 104 cm³/mol. The van der Waals surface area contributed by atoms with Crippen molar-refractivity contribution in [2.24, 2.45) is 0 Å². The number of nitrogens with one attached hydrogen (secondary N) is 2. The van der Waals surface area contributed by atoms with Gasteiger partial charge in [-0.3, -0.25) is 9.59 Å². The van der Waals surface area contributed by atoms with Crippen LogP contribution in [-0.4, -0.2) is 25.0 Å². The molecule has 2 amide bonds. The lowest BCUT2D eigenvalue weighted by Gasteiger charge is -2.13. The van der Waals surface area contributed by atoms with Gasteiger partial charge in [-0.2, -0.15) is 0 Å². The molecule has 1 aromatic carbocycles. The molecule has 3 rings (SSSR count). The molecule has 2 aromatic rings. The van der Waals surface area contributed by atoms with Crippen LogP contribution in [0.25, 0.3) is 0 Å². The van der Waals surface area contributed by atoms with Crippen molar-refractivity contribution < 1.29 is 14.3 Å². The molecule has 0 aliphatic heterocycles. The van der Waals surface area contributed by atoms with Crippen LogP contribution in [0.1, 0.15) is 46.1 Å². The topological polar surface area (TPSA) is 67.4 Å². The number of fused-ring (bicyclic) bond motifs is 1. The Bertz CT molecular complexity index is 813. The number of anilines is 1. The first-order valence-corrected chi connectivity index (χ1v) is 9.82. The maximum atomic E-state index is 12.5. The number of ether oxygens (including phenoxy) is 1. The molecule has 1 aliphatic rings. The van der Waals surface area contributed by atoms with Crippen molar-refractivity contribution >= 4 is 28.2 Å². The normalized spacial score (nSPS) is 13.0. The van der Waals surface area contributed by atoms with Crippen molar-refractivity contribution in [3.05, 3.63) is 45.8 Å². The number of benzene rings is 1. The highest BCUT2D eigenvalue weighted by molar-refractivity contribution is 7.17. The van der Waals surface area contributed by atoms with Crippen LogP contribution in [-0.2, 0) is 17.6 Å². The Morgan fingerprint density at radius 1 is 1.19 bits per heavy atom. The zero-order chi connectivity index (χ0) is 18.5. The van der Waals surface area contributed by atoms with E-state index in [2.05, 4.69) is 10.6 Å². The lowest BCUT2D eigenvalue weighted by molar-refractivity contribution is -0.118. The molecule has 0 unspecified atom stereocenters. The van der Waals surface area contributed by atoms with E-state index < -0.39 is 0 Å². The molecule has 0 radical (unpaired) electrons. The van der Waals surface area contributed by atoms with Crippen molar-refractivity contribution in [2.75, 3.05) is 18.5 Å². The first kappa shape index (κ1) is 18.5.